The summed E-state index contributed by atoms with van der Waals surface area (Å²) in [7, 11) is 0. The molecule has 1 fully saturated rings. The zero-order chi connectivity index (χ0) is 20.0. The Kier molecular flexibility index (Phi) is 7.18. The third kappa shape index (κ3) is 5.19. The minimum Gasteiger partial charge on any atom is -0.352 e. The Balaban J connectivity index is 1.96. The van der Waals surface area contributed by atoms with Crippen molar-refractivity contribution in [2.45, 2.75) is 20.3 Å². The normalized spacial score (nSPS) is 14.3. The van der Waals surface area contributed by atoms with Crippen molar-refractivity contribution in [3.8, 4) is 0 Å². The molecule has 0 saturated carbocycles. The van der Waals surface area contributed by atoms with Crippen LogP contribution in [0.1, 0.15) is 30.6 Å². The summed E-state index contributed by atoms with van der Waals surface area (Å²) in [4.78, 5) is 50.7. The van der Waals surface area contributed by atoms with Crippen molar-refractivity contribution in [1.82, 2.24) is 15.1 Å². The minimum atomic E-state index is -0.681. The molecule has 146 valence electrons. The van der Waals surface area contributed by atoms with E-state index in [1.54, 1.807) is 13.0 Å². The van der Waals surface area contributed by atoms with Crippen LogP contribution in [0.15, 0.2) is 18.2 Å². The molecule has 1 saturated heterocycles. The number of carbonyl (C=O) groups excluding carboxylic acids is 4. The first-order chi connectivity index (χ1) is 12.9. The summed E-state index contributed by atoms with van der Waals surface area (Å²) in [5.41, 5.74) is 0.725. The fourth-order valence-electron chi connectivity index (χ4n) is 2.65. The van der Waals surface area contributed by atoms with Gasteiger partial charge in [0.05, 0.1) is 10.6 Å². The van der Waals surface area contributed by atoms with Crippen molar-refractivity contribution in [1.29, 1.82) is 0 Å². The predicted molar refractivity (Wildman–Crippen MR) is 102 cm³/mol. The van der Waals surface area contributed by atoms with Gasteiger partial charge in [0.15, 0.2) is 0 Å². The van der Waals surface area contributed by atoms with Gasteiger partial charge in [0.1, 0.15) is 6.54 Å². The summed E-state index contributed by atoms with van der Waals surface area (Å²) in [6.45, 7) is 5.24. The van der Waals surface area contributed by atoms with Crippen molar-refractivity contribution < 1.29 is 19.2 Å². The summed E-state index contributed by atoms with van der Waals surface area (Å²) in [5.74, 6) is -2.00. The van der Waals surface area contributed by atoms with E-state index >= 15 is 0 Å². The van der Waals surface area contributed by atoms with E-state index in [0.29, 0.717) is 37.4 Å². The molecule has 0 aliphatic carbocycles. The van der Waals surface area contributed by atoms with E-state index in [1.807, 2.05) is 6.92 Å². The number of carbonyl (C=O) groups is 4. The molecular formula is C18H23ClN4O4. The van der Waals surface area contributed by atoms with Crippen molar-refractivity contribution in [2.24, 2.45) is 0 Å². The third-order valence-corrected chi connectivity index (χ3v) is 4.46. The van der Waals surface area contributed by atoms with Gasteiger partial charge < -0.3 is 20.4 Å². The SMILES string of the molecule is CCCNC(=O)c1ccc(NC(=O)CN2CCN(CC)C(=O)C2=O)cc1Cl. The summed E-state index contributed by atoms with van der Waals surface area (Å²) >= 11 is 6.13. The molecule has 2 N–H and O–H groups in total. The van der Waals surface area contributed by atoms with Gasteiger partial charge >= 0.3 is 11.8 Å². The number of anilines is 1. The Morgan fingerprint density at radius 3 is 2.41 bits per heavy atom. The van der Waals surface area contributed by atoms with Gasteiger partial charge in [-0.25, -0.2) is 0 Å². The second-order valence-electron chi connectivity index (χ2n) is 6.11. The Labute approximate surface area is 162 Å². The molecule has 27 heavy (non-hydrogen) atoms. The number of amides is 4. The zero-order valence-corrected chi connectivity index (χ0v) is 16.1. The molecule has 0 spiro atoms. The van der Waals surface area contributed by atoms with E-state index in [0.717, 1.165) is 6.42 Å². The minimum absolute atomic E-state index is 0.212. The number of rotatable bonds is 7. The Bertz CT molecular complexity index is 753. The summed E-state index contributed by atoms with van der Waals surface area (Å²) in [6, 6.07) is 4.56. The van der Waals surface area contributed by atoms with Crippen LogP contribution in [0.3, 0.4) is 0 Å². The van der Waals surface area contributed by atoms with Gasteiger partial charge in [-0.15, -0.1) is 0 Å². The number of hydrogen-bond acceptors (Lipinski definition) is 4. The van der Waals surface area contributed by atoms with Crippen molar-refractivity contribution in [3.63, 3.8) is 0 Å². The monoisotopic (exact) mass is 394 g/mol. The lowest BCUT2D eigenvalue weighted by Gasteiger charge is -2.32. The average molecular weight is 395 g/mol. The van der Waals surface area contributed by atoms with Crippen LogP contribution in [0.4, 0.5) is 5.69 Å². The lowest BCUT2D eigenvalue weighted by atomic mass is 10.2. The molecule has 1 aromatic rings. The van der Waals surface area contributed by atoms with E-state index in [9.17, 15) is 19.2 Å². The number of nitrogens with zero attached hydrogens (tertiary/aromatic N) is 2. The molecule has 8 nitrogen and oxygen atoms in total. The molecule has 0 atom stereocenters. The highest BCUT2D eigenvalue weighted by atomic mass is 35.5. The lowest BCUT2D eigenvalue weighted by molar-refractivity contribution is -0.156. The topological polar surface area (TPSA) is 98.8 Å². The molecule has 0 unspecified atom stereocenters. The van der Waals surface area contributed by atoms with Crippen LogP contribution < -0.4 is 10.6 Å². The van der Waals surface area contributed by atoms with Crippen LogP contribution in [0, 0.1) is 0 Å². The van der Waals surface area contributed by atoms with Crippen molar-refractivity contribution in [3.05, 3.63) is 28.8 Å². The summed E-state index contributed by atoms with van der Waals surface area (Å²) < 4.78 is 0. The Morgan fingerprint density at radius 1 is 1.11 bits per heavy atom. The highest BCUT2D eigenvalue weighted by molar-refractivity contribution is 6.36. The maximum atomic E-state index is 12.2. The Hall–Kier alpha value is -2.61. The molecule has 1 aliphatic rings. The van der Waals surface area contributed by atoms with Crippen LogP contribution in [0.25, 0.3) is 0 Å². The van der Waals surface area contributed by atoms with E-state index in [-0.39, 0.29) is 17.5 Å². The highest BCUT2D eigenvalue weighted by Crippen LogP contribution is 2.21. The fourth-order valence-corrected chi connectivity index (χ4v) is 2.92. The van der Waals surface area contributed by atoms with Crippen LogP contribution >= 0.6 is 11.6 Å². The van der Waals surface area contributed by atoms with Crippen molar-refractivity contribution >= 4 is 40.9 Å². The lowest BCUT2D eigenvalue weighted by Crippen LogP contribution is -2.55. The molecule has 1 heterocycles. The first-order valence-electron chi connectivity index (χ1n) is 8.83. The fraction of sp³-hybridized carbons (Fsp3) is 0.444. The van der Waals surface area contributed by atoms with E-state index in [4.69, 9.17) is 11.6 Å². The number of hydrogen-bond donors (Lipinski definition) is 2. The number of likely N-dealkylation sites (N-methyl/N-ethyl adjacent to an activating group) is 1. The van der Waals surface area contributed by atoms with Gasteiger partial charge in [-0.1, -0.05) is 18.5 Å². The van der Waals surface area contributed by atoms with Crippen LogP contribution in [0.2, 0.25) is 5.02 Å². The molecule has 4 amide bonds. The van der Waals surface area contributed by atoms with Gasteiger partial charge in [0, 0.05) is 31.9 Å². The standard InChI is InChI=1S/C18H23ClN4O4/c1-3-7-20-16(25)13-6-5-12(10-14(13)19)21-15(24)11-23-9-8-22(4-2)17(26)18(23)27/h5-6,10H,3-4,7-9,11H2,1-2H3,(H,20,25)(H,21,24). The van der Waals surface area contributed by atoms with Crippen LogP contribution in [-0.2, 0) is 14.4 Å². The van der Waals surface area contributed by atoms with Gasteiger partial charge in [-0.2, -0.15) is 0 Å². The maximum absolute atomic E-state index is 12.2. The van der Waals surface area contributed by atoms with E-state index in [1.165, 1.54) is 21.9 Å². The van der Waals surface area contributed by atoms with Gasteiger partial charge in [-0.05, 0) is 31.5 Å². The summed E-state index contributed by atoms with van der Waals surface area (Å²) in [5, 5.41) is 5.57. The van der Waals surface area contributed by atoms with Crippen LogP contribution in [-0.4, -0.2) is 66.2 Å². The number of nitrogens with one attached hydrogen (secondary N) is 2. The first kappa shape index (κ1) is 20.7. The average Bonchev–Trinajstić information content (AvgIpc) is 2.64. The van der Waals surface area contributed by atoms with E-state index < -0.39 is 17.7 Å². The molecule has 0 radical (unpaired) electrons. The Morgan fingerprint density at radius 2 is 1.78 bits per heavy atom. The van der Waals surface area contributed by atoms with Gasteiger partial charge in [0.25, 0.3) is 5.91 Å². The maximum Gasteiger partial charge on any atom is 0.312 e. The molecule has 0 bridgehead atoms. The summed E-state index contributed by atoms with van der Waals surface area (Å²) in [6.07, 6.45) is 0.811. The van der Waals surface area contributed by atoms with Crippen LogP contribution in [0.5, 0.6) is 0 Å². The predicted octanol–water partition coefficient (Wildman–Crippen LogP) is 1.11. The molecule has 0 aromatic heterocycles. The quantitative estimate of drug-likeness (QED) is 0.677. The second kappa shape index (κ2) is 9.36. The smallest absolute Gasteiger partial charge is 0.312 e. The second-order valence-corrected chi connectivity index (χ2v) is 6.52. The molecule has 9 heteroatoms. The molecule has 1 aliphatic heterocycles. The third-order valence-electron chi connectivity index (χ3n) is 4.15. The first-order valence-corrected chi connectivity index (χ1v) is 9.20. The largest absolute Gasteiger partial charge is 0.352 e. The highest BCUT2D eigenvalue weighted by Gasteiger charge is 2.32. The number of halogens is 1. The number of piperazine rings is 1. The molecule has 2 rings (SSSR count). The number of benzene rings is 1. The van der Waals surface area contributed by atoms with Gasteiger partial charge in [0.2, 0.25) is 5.91 Å². The van der Waals surface area contributed by atoms with Crippen molar-refractivity contribution in [2.75, 3.05) is 38.0 Å². The zero-order valence-electron chi connectivity index (χ0n) is 15.4. The van der Waals surface area contributed by atoms with Gasteiger partial charge in [-0.3, -0.25) is 19.2 Å². The molecular weight excluding hydrogens is 372 g/mol. The molecule has 1 aromatic carbocycles. The van der Waals surface area contributed by atoms with E-state index in [2.05, 4.69) is 10.6 Å².